The molecule has 0 radical (unpaired) electrons. The highest BCUT2D eigenvalue weighted by Crippen LogP contribution is 2.33. The number of nitrogens with zero attached hydrogens (tertiary/aromatic N) is 2. The number of aryl methyl sites for hydroxylation is 3. The van der Waals surface area contributed by atoms with Crippen molar-refractivity contribution in [3.8, 4) is 11.1 Å². The molecule has 186 valence electrons. The van der Waals surface area contributed by atoms with E-state index in [1.54, 1.807) is 6.20 Å². The predicted octanol–water partition coefficient (Wildman–Crippen LogP) is 6.84. The number of hydrogen-bond acceptors (Lipinski definition) is 4. The number of imidazole rings is 1. The molecule has 2 heterocycles. The van der Waals surface area contributed by atoms with E-state index in [9.17, 15) is 0 Å². The van der Waals surface area contributed by atoms with Crippen LogP contribution in [0.5, 0.6) is 0 Å². The van der Waals surface area contributed by atoms with Gasteiger partial charge in [0.25, 0.3) is 0 Å². The maximum atomic E-state index is 6.60. The second kappa shape index (κ2) is 11.5. The third kappa shape index (κ3) is 6.47. The average molecular weight is 499 g/mol. The summed E-state index contributed by atoms with van der Waals surface area (Å²) in [6.45, 7) is 5.52. The first-order valence-electron chi connectivity index (χ1n) is 12.6. The standard InChI is InChI=1S/C31H34N2O2S/c1-24-3-7-26(8-4-24)15-16-31(22-33-18-17-32-23-33)34-19-30(35-31)21-36-20-27-9-13-29(14-10-27)28-11-5-25(2)6-12-28/h3-14,17-18,23,30H,15-16,19-22H2,1-2H3. The Morgan fingerprint density at radius 3 is 2.19 bits per heavy atom. The van der Waals surface area contributed by atoms with Gasteiger partial charge in [-0.1, -0.05) is 83.9 Å². The minimum absolute atomic E-state index is 0.0865. The first-order chi connectivity index (χ1) is 17.6. The zero-order valence-electron chi connectivity index (χ0n) is 21.1. The van der Waals surface area contributed by atoms with Crippen LogP contribution in [0.1, 0.15) is 28.7 Å². The molecule has 5 heteroatoms. The molecule has 1 fully saturated rings. The number of aromatic nitrogens is 2. The molecule has 1 aromatic heterocycles. The van der Waals surface area contributed by atoms with Crippen molar-refractivity contribution in [3.63, 3.8) is 0 Å². The lowest BCUT2D eigenvalue weighted by atomic mass is 10.0. The molecular formula is C31H34N2O2S. The SMILES string of the molecule is Cc1ccc(CCC2(Cn3ccnc3)OCC(CSCc3ccc(-c4ccc(C)cc4)cc3)O2)cc1. The van der Waals surface area contributed by atoms with E-state index in [2.05, 4.69) is 96.2 Å². The number of hydrogen-bond donors (Lipinski definition) is 0. The van der Waals surface area contributed by atoms with Crippen molar-refractivity contribution < 1.29 is 9.47 Å². The Morgan fingerprint density at radius 1 is 0.889 bits per heavy atom. The van der Waals surface area contributed by atoms with E-state index in [0.717, 1.165) is 24.3 Å². The van der Waals surface area contributed by atoms with Crippen LogP contribution in [0.25, 0.3) is 11.1 Å². The van der Waals surface area contributed by atoms with Crippen LogP contribution in [0.4, 0.5) is 0 Å². The van der Waals surface area contributed by atoms with Gasteiger partial charge in [0.1, 0.15) is 0 Å². The zero-order valence-corrected chi connectivity index (χ0v) is 21.9. The maximum absolute atomic E-state index is 6.60. The monoisotopic (exact) mass is 498 g/mol. The number of ether oxygens (including phenoxy) is 2. The van der Waals surface area contributed by atoms with Crippen LogP contribution in [0.2, 0.25) is 0 Å². The topological polar surface area (TPSA) is 36.3 Å². The third-order valence-corrected chi connectivity index (χ3v) is 7.87. The summed E-state index contributed by atoms with van der Waals surface area (Å²) in [4.78, 5) is 4.20. The van der Waals surface area contributed by atoms with Crippen molar-refractivity contribution in [1.82, 2.24) is 9.55 Å². The molecule has 36 heavy (non-hydrogen) atoms. The van der Waals surface area contributed by atoms with Gasteiger partial charge in [0, 0.05) is 30.3 Å². The largest absolute Gasteiger partial charge is 0.345 e. The van der Waals surface area contributed by atoms with Crippen LogP contribution >= 0.6 is 11.8 Å². The van der Waals surface area contributed by atoms with Crippen LogP contribution in [0.3, 0.4) is 0 Å². The smallest absolute Gasteiger partial charge is 0.187 e. The molecule has 1 saturated heterocycles. The lowest BCUT2D eigenvalue weighted by Gasteiger charge is -2.28. The highest BCUT2D eigenvalue weighted by molar-refractivity contribution is 7.98. The maximum Gasteiger partial charge on any atom is 0.187 e. The van der Waals surface area contributed by atoms with Crippen LogP contribution < -0.4 is 0 Å². The van der Waals surface area contributed by atoms with Gasteiger partial charge >= 0.3 is 0 Å². The van der Waals surface area contributed by atoms with Crippen molar-refractivity contribution >= 4 is 11.8 Å². The van der Waals surface area contributed by atoms with Gasteiger partial charge in [-0.3, -0.25) is 0 Å². The summed E-state index contributed by atoms with van der Waals surface area (Å²) in [5, 5.41) is 0. The fourth-order valence-corrected chi connectivity index (χ4v) is 5.56. The quantitative estimate of drug-likeness (QED) is 0.240. The van der Waals surface area contributed by atoms with Crippen molar-refractivity contribution in [2.24, 2.45) is 0 Å². The lowest BCUT2D eigenvalue weighted by Crippen LogP contribution is -2.37. The molecule has 3 aromatic carbocycles. The van der Waals surface area contributed by atoms with Crippen molar-refractivity contribution in [2.75, 3.05) is 12.4 Å². The molecular weight excluding hydrogens is 464 g/mol. The Balaban J connectivity index is 1.15. The van der Waals surface area contributed by atoms with E-state index in [4.69, 9.17) is 9.47 Å². The van der Waals surface area contributed by atoms with Gasteiger partial charge in [0.2, 0.25) is 0 Å². The second-order valence-corrected chi connectivity index (χ2v) is 10.8. The van der Waals surface area contributed by atoms with Gasteiger partial charge in [-0.25, -0.2) is 4.98 Å². The second-order valence-electron chi connectivity index (χ2n) is 9.76. The van der Waals surface area contributed by atoms with Crippen LogP contribution in [-0.2, 0) is 28.2 Å². The highest BCUT2D eigenvalue weighted by Gasteiger charge is 2.41. The molecule has 1 aliphatic heterocycles. The summed E-state index contributed by atoms with van der Waals surface area (Å²) in [6, 6.07) is 26.3. The van der Waals surface area contributed by atoms with E-state index in [1.807, 2.05) is 24.3 Å². The van der Waals surface area contributed by atoms with Gasteiger partial charge in [0.05, 0.1) is 25.6 Å². The summed E-state index contributed by atoms with van der Waals surface area (Å²) < 4.78 is 15.0. The first-order valence-corrected chi connectivity index (χ1v) is 13.8. The summed E-state index contributed by atoms with van der Waals surface area (Å²) in [5.41, 5.74) is 7.73. The molecule has 0 saturated carbocycles. The van der Waals surface area contributed by atoms with Gasteiger partial charge in [0.15, 0.2) is 5.79 Å². The van der Waals surface area contributed by atoms with Gasteiger partial charge in [-0.2, -0.15) is 11.8 Å². The predicted molar refractivity (Wildman–Crippen MR) is 148 cm³/mol. The molecule has 5 rings (SSSR count). The Labute approximate surface area is 218 Å². The minimum atomic E-state index is -0.619. The minimum Gasteiger partial charge on any atom is -0.345 e. The van der Waals surface area contributed by atoms with E-state index >= 15 is 0 Å². The molecule has 1 aliphatic rings. The van der Waals surface area contributed by atoms with Crippen LogP contribution in [-0.4, -0.2) is 33.8 Å². The number of thioether (sulfide) groups is 1. The molecule has 0 bridgehead atoms. The Kier molecular flexibility index (Phi) is 7.90. The summed E-state index contributed by atoms with van der Waals surface area (Å²) in [6.07, 6.45) is 7.44. The summed E-state index contributed by atoms with van der Waals surface area (Å²) in [7, 11) is 0. The molecule has 0 N–H and O–H groups in total. The normalized spacial score (nSPS) is 19.6. The average Bonchev–Trinajstić information content (AvgIpc) is 3.55. The van der Waals surface area contributed by atoms with E-state index in [1.165, 1.54) is 33.4 Å². The molecule has 0 spiro atoms. The Bertz CT molecular complexity index is 1220. The summed E-state index contributed by atoms with van der Waals surface area (Å²) >= 11 is 1.91. The van der Waals surface area contributed by atoms with Gasteiger partial charge < -0.3 is 14.0 Å². The molecule has 0 amide bonds. The number of benzene rings is 3. The molecule has 4 nitrogen and oxygen atoms in total. The first kappa shape index (κ1) is 24.8. The van der Waals surface area contributed by atoms with E-state index in [-0.39, 0.29) is 6.10 Å². The van der Waals surface area contributed by atoms with E-state index < -0.39 is 5.79 Å². The van der Waals surface area contributed by atoms with Gasteiger partial charge in [-0.15, -0.1) is 0 Å². The molecule has 2 atom stereocenters. The highest BCUT2D eigenvalue weighted by atomic mass is 32.2. The van der Waals surface area contributed by atoms with Crippen LogP contribution in [0.15, 0.2) is 91.5 Å². The Morgan fingerprint density at radius 2 is 1.53 bits per heavy atom. The van der Waals surface area contributed by atoms with E-state index in [0.29, 0.717) is 13.2 Å². The van der Waals surface area contributed by atoms with Crippen molar-refractivity contribution in [2.45, 2.75) is 50.9 Å². The zero-order chi connectivity index (χ0) is 24.8. The third-order valence-electron chi connectivity index (χ3n) is 6.72. The number of rotatable bonds is 10. The molecule has 0 aliphatic carbocycles. The van der Waals surface area contributed by atoms with Crippen molar-refractivity contribution in [1.29, 1.82) is 0 Å². The Hall–Kier alpha value is -2.86. The fourth-order valence-electron chi connectivity index (χ4n) is 4.59. The van der Waals surface area contributed by atoms with Crippen LogP contribution in [0, 0.1) is 13.8 Å². The van der Waals surface area contributed by atoms with Crippen molar-refractivity contribution in [3.05, 3.63) is 114 Å². The lowest BCUT2D eigenvalue weighted by molar-refractivity contribution is -0.180. The summed E-state index contributed by atoms with van der Waals surface area (Å²) in [5.74, 6) is 1.26. The van der Waals surface area contributed by atoms with Gasteiger partial charge in [-0.05, 0) is 42.5 Å². The fraction of sp³-hybridized carbons (Fsp3) is 0.323. The molecule has 4 aromatic rings. The molecule has 2 unspecified atom stereocenters.